The van der Waals surface area contributed by atoms with E-state index in [1.54, 1.807) is 19.1 Å². The fourth-order valence-corrected chi connectivity index (χ4v) is 1.92. The lowest BCUT2D eigenvalue weighted by atomic mass is 10.1. The Kier molecular flexibility index (Phi) is 6.92. The molecule has 0 aromatic heterocycles. The number of anilines is 1. The molecule has 0 unspecified atom stereocenters. The Balaban J connectivity index is 2.76. The Morgan fingerprint density at radius 1 is 1.22 bits per heavy atom. The van der Waals surface area contributed by atoms with Crippen LogP contribution in [-0.2, 0) is 14.4 Å². The van der Waals surface area contributed by atoms with Gasteiger partial charge in [0.1, 0.15) is 11.8 Å². The summed E-state index contributed by atoms with van der Waals surface area (Å²) in [6.45, 7) is 3.04. The summed E-state index contributed by atoms with van der Waals surface area (Å²) in [5.41, 5.74) is 0.669. The number of benzene rings is 1. The van der Waals surface area contributed by atoms with E-state index in [-0.39, 0.29) is 30.1 Å². The fraction of sp³-hybridized carbons (Fsp3) is 0.375. The molecule has 0 saturated carbocycles. The van der Waals surface area contributed by atoms with E-state index in [1.807, 2.05) is 0 Å². The van der Waals surface area contributed by atoms with Crippen LogP contribution in [0.5, 0.6) is 0 Å². The normalized spacial score (nSPS) is 11.4. The molecule has 7 heteroatoms. The molecule has 0 radical (unpaired) electrons. The molecule has 1 aromatic rings. The number of amides is 2. The number of aliphatic carboxylic acids is 1. The molecule has 1 atom stereocenters. The van der Waals surface area contributed by atoms with Gasteiger partial charge in [-0.2, -0.15) is 0 Å². The first-order chi connectivity index (χ1) is 10.8. The summed E-state index contributed by atoms with van der Waals surface area (Å²) in [5.74, 6) is -2.10. The number of ketones is 1. The Labute approximate surface area is 134 Å². The number of carboxylic acid groups (broad SMARTS) is 1. The minimum Gasteiger partial charge on any atom is -0.480 e. The largest absolute Gasteiger partial charge is 0.480 e. The highest BCUT2D eigenvalue weighted by molar-refractivity contribution is 5.98. The monoisotopic (exact) mass is 320 g/mol. The number of hydrogen-bond donors (Lipinski definition) is 3. The lowest BCUT2D eigenvalue weighted by Crippen LogP contribution is -2.41. The maximum Gasteiger partial charge on any atom is 0.326 e. The number of Topliss-reactive ketones (excluding diaryl/α,β-unsaturated/α-hetero) is 1. The molecule has 0 bridgehead atoms. The molecule has 0 aliphatic rings. The standard InChI is InChI=1S/C16H20N2O5/c1-3-13(20)7-8-14(16(22)23)18-15(21)11-5-4-6-12(9-11)17-10(2)19/h4-6,9,14H,3,7-8H2,1-2H3,(H,17,19)(H,18,21)(H,22,23)/t14-/m0/s1. The third kappa shape index (κ3) is 6.29. The SMILES string of the molecule is CCC(=O)CC[C@H](NC(=O)c1cccc(NC(C)=O)c1)C(=O)O. The number of carbonyl (C=O) groups excluding carboxylic acids is 3. The van der Waals surface area contributed by atoms with Crippen molar-refractivity contribution >= 4 is 29.3 Å². The second-order valence-electron chi connectivity index (χ2n) is 5.06. The van der Waals surface area contributed by atoms with Crippen LogP contribution < -0.4 is 10.6 Å². The average molecular weight is 320 g/mol. The van der Waals surface area contributed by atoms with E-state index < -0.39 is 17.9 Å². The number of carbonyl (C=O) groups is 4. The number of hydrogen-bond acceptors (Lipinski definition) is 4. The highest BCUT2D eigenvalue weighted by atomic mass is 16.4. The van der Waals surface area contributed by atoms with E-state index >= 15 is 0 Å². The summed E-state index contributed by atoms with van der Waals surface area (Å²) in [4.78, 5) is 45.6. The van der Waals surface area contributed by atoms with Gasteiger partial charge in [-0.1, -0.05) is 13.0 Å². The summed E-state index contributed by atoms with van der Waals surface area (Å²) < 4.78 is 0. The molecule has 0 saturated heterocycles. The third-order valence-electron chi connectivity index (χ3n) is 3.15. The Bertz CT molecular complexity index is 612. The van der Waals surface area contributed by atoms with Crippen molar-refractivity contribution in [3.8, 4) is 0 Å². The van der Waals surface area contributed by atoms with Gasteiger partial charge in [0.15, 0.2) is 0 Å². The predicted molar refractivity (Wildman–Crippen MR) is 84.2 cm³/mol. The minimum atomic E-state index is -1.19. The van der Waals surface area contributed by atoms with E-state index in [4.69, 9.17) is 5.11 Å². The van der Waals surface area contributed by atoms with Crippen molar-refractivity contribution in [2.24, 2.45) is 0 Å². The highest BCUT2D eigenvalue weighted by Gasteiger charge is 2.21. The van der Waals surface area contributed by atoms with Crippen molar-refractivity contribution in [2.75, 3.05) is 5.32 Å². The van der Waals surface area contributed by atoms with Gasteiger partial charge in [-0.15, -0.1) is 0 Å². The molecule has 1 aromatic carbocycles. The maximum absolute atomic E-state index is 12.1. The van der Waals surface area contributed by atoms with E-state index in [0.29, 0.717) is 12.1 Å². The number of rotatable bonds is 8. The molecule has 3 N–H and O–H groups in total. The van der Waals surface area contributed by atoms with Crippen LogP contribution in [0.1, 0.15) is 43.5 Å². The van der Waals surface area contributed by atoms with Crippen LogP contribution in [0.3, 0.4) is 0 Å². The van der Waals surface area contributed by atoms with Crippen molar-refractivity contribution in [3.05, 3.63) is 29.8 Å². The van der Waals surface area contributed by atoms with E-state index in [9.17, 15) is 19.2 Å². The molecule has 2 amide bonds. The lowest BCUT2D eigenvalue weighted by molar-refractivity contribution is -0.139. The first kappa shape index (κ1) is 18.3. The molecule has 0 fully saturated rings. The molecule has 7 nitrogen and oxygen atoms in total. The summed E-state index contributed by atoms with van der Waals surface area (Å²) >= 11 is 0. The topological polar surface area (TPSA) is 113 Å². The smallest absolute Gasteiger partial charge is 0.326 e. The Morgan fingerprint density at radius 3 is 2.48 bits per heavy atom. The van der Waals surface area contributed by atoms with Crippen LogP contribution in [0.4, 0.5) is 5.69 Å². The van der Waals surface area contributed by atoms with Crippen LogP contribution in [0.25, 0.3) is 0 Å². The van der Waals surface area contributed by atoms with Gasteiger partial charge in [-0.3, -0.25) is 14.4 Å². The van der Waals surface area contributed by atoms with Crippen molar-refractivity contribution in [3.63, 3.8) is 0 Å². The van der Waals surface area contributed by atoms with Gasteiger partial charge in [-0.05, 0) is 24.6 Å². The minimum absolute atomic E-state index is 0.0408. The zero-order valence-corrected chi connectivity index (χ0v) is 13.1. The van der Waals surface area contributed by atoms with Crippen molar-refractivity contribution in [1.82, 2.24) is 5.32 Å². The van der Waals surface area contributed by atoms with Gasteiger partial charge < -0.3 is 15.7 Å². The first-order valence-electron chi connectivity index (χ1n) is 7.26. The molecule has 124 valence electrons. The van der Waals surface area contributed by atoms with Gasteiger partial charge in [0.25, 0.3) is 5.91 Å². The molecular weight excluding hydrogens is 300 g/mol. The summed E-state index contributed by atoms with van der Waals surface area (Å²) in [6, 6.07) is 5.02. The molecular formula is C16H20N2O5. The average Bonchev–Trinajstić information content (AvgIpc) is 2.50. The summed E-state index contributed by atoms with van der Waals surface area (Å²) in [6.07, 6.45) is 0.470. The Morgan fingerprint density at radius 2 is 1.91 bits per heavy atom. The van der Waals surface area contributed by atoms with Gasteiger partial charge in [-0.25, -0.2) is 4.79 Å². The summed E-state index contributed by atoms with van der Waals surface area (Å²) in [7, 11) is 0. The second-order valence-corrected chi connectivity index (χ2v) is 5.06. The van der Waals surface area contributed by atoms with E-state index in [1.165, 1.54) is 19.1 Å². The number of carboxylic acids is 1. The molecule has 23 heavy (non-hydrogen) atoms. The summed E-state index contributed by atoms with van der Waals surface area (Å²) in [5, 5.41) is 14.1. The number of nitrogens with one attached hydrogen (secondary N) is 2. The van der Waals surface area contributed by atoms with Crippen LogP contribution in [0, 0.1) is 0 Å². The predicted octanol–water partition coefficient (Wildman–Crippen LogP) is 1.59. The van der Waals surface area contributed by atoms with Crippen LogP contribution in [0.15, 0.2) is 24.3 Å². The van der Waals surface area contributed by atoms with Crippen LogP contribution >= 0.6 is 0 Å². The zero-order chi connectivity index (χ0) is 17.4. The van der Waals surface area contributed by atoms with Crippen molar-refractivity contribution in [1.29, 1.82) is 0 Å². The first-order valence-corrected chi connectivity index (χ1v) is 7.26. The van der Waals surface area contributed by atoms with E-state index in [2.05, 4.69) is 10.6 Å². The molecule has 0 aliphatic carbocycles. The van der Waals surface area contributed by atoms with Gasteiger partial charge in [0.2, 0.25) is 5.91 Å². The lowest BCUT2D eigenvalue weighted by Gasteiger charge is -2.14. The van der Waals surface area contributed by atoms with Crippen LogP contribution in [-0.4, -0.2) is 34.7 Å². The second kappa shape index (κ2) is 8.67. The molecule has 1 rings (SSSR count). The quantitative estimate of drug-likeness (QED) is 0.673. The molecule has 0 aliphatic heterocycles. The zero-order valence-electron chi connectivity index (χ0n) is 13.1. The highest BCUT2D eigenvalue weighted by Crippen LogP contribution is 2.11. The molecule has 0 spiro atoms. The van der Waals surface area contributed by atoms with Crippen LogP contribution in [0.2, 0.25) is 0 Å². The molecule has 0 heterocycles. The Hall–Kier alpha value is -2.70. The fourth-order valence-electron chi connectivity index (χ4n) is 1.92. The van der Waals surface area contributed by atoms with Gasteiger partial charge in [0, 0.05) is 31.0 Å². The van der Waals surface area contributed by atoms with Gasteiger partial charge in [0.05, 0.1) is 0 Å². The van der Waals surface area contributed by atoms with Crippen molar-refractivity contribution in [2.45, 2.75) is 39.2 Å². The van der Waals surface area contributed by atoms with Gasteiger partial charge >= 0.3 is 5.97 Å². The van der Waals surface area contributed by atoms with E-state index in [0.717, 1.165) is 0 Å². The van der Waals surface area contributed by atoms with Crippen molar-refractivity contribution < 1.29 is 24.3 Å². The maximum atomic E-state index is 12.1. The third-order valence-corrected chi connectivity index (χ3v) is 3.15.